The monoisotopic (exact) mass is 865 g/mol. The van der Waals surface area contributed by atoms with Gasteiger partial charge in [-0.1, -0.05) is 106 Å². The summed E-state index contributed by atoms with van der Waals surface area (Å²) in [4.78, 5) is 0. The fraction of sp³-hybridized carbons (Fsp3) is 0.483. The fourth-order valence-corrected chi connectivity index (χ4v) is 8.17. The van der Waals surface area contributed by atoms with Gasteiger partial charge < -0.3 is 5.53 Å². The summed E-state index contributed by atoms with van der Waals surface area (Å²) in [7, 11) is 0. The molecule has 0 spiro atoms. The molecule has 334 valence electrons. The van der Waals surface area contributed by atoms with Crippen LogP contribution in [-0.4, -0.2) is 4.70 Å². The van der Waals surface area contributed by atoms with Crippen LogP contribution in [0, 0.1) is 13.8 Å². The van der Waals surface area contributed by atoms with Crippen LogP contribution in [0.15, 0.2) is 96.6 Å². The Morgan fingerprint density at radius 1 is 0.426 bits per heavy atom. The minimum atomic E-state index is 0. The molecule has 2 nitrogen and oxygen atoms in total. The van der Waals surface area contributed by atoms with E-state index in [0.717, 1.165) is 67.5 Å². The van der Waals surface area contributed by atoms with E-state index in [1.807, 2.05) is 60.7 Å². The topological polar surface area (TPSA) is 25.3 Å². The molecule has 0 atom stereocenters. The number of allylic oxidation sites excluding steroid dienone is 2. The van der Waals surface area contributed by atoms with Crippen molar-refractivity contribution in [3.63, 3.8) is 0 Å². The van der Waals surface area contributed by atoms with Gasteiger partial charge >= 0.3 is 16.5 Å². The van der Waals surface area contributed by atoms with E-state index in [4.69, 9.17) is 0 Å². The third-order valence-corrected chi connectivity index (χ3v) is 11.7. The zero-order valence-corrected chi connectivity index (χ0v) is 40.6. The van der Waals surface area contributed by atoms with Crippen LogP contribution < -0.4 is 0 Å². The van der Waals surface area contributed by atoms with Crippen molar-refractivity contribution < 1.29 is 21.2 Å². The molecule has 0 radical (unpaired) electrons. The molecule has 0 saturated carbocycles. The average molecular weight is 866 g/mol. The first-order chi connectivity index (χ1) is 29.3. The second-order valence-corrected chi connectivity index (χ2v) is 17.0. The van der Waals surface area contributed by atoms with Crippen LogP contribution in [0.3, 0.4) is 0 Å². The molecule has 1 aliphatic rings. The first kappa shape index (κ1) is 53.3. The number of hydrogen-bond acceptors (Lipinski definition) is 0. The van der Waals surface area contributed by atoms with Crippen LogP contribution >= 0.6 is 0 Å². The van der Waals surface area contributed by atoms with Crippen molar-refractivity contribution in [1.29, 1.82) is 0 Å². The molecule has 4 aromatic rings. The van der Waals surface area contributed by atoms with Gasteiger partial charge in [-0.25, -0.2) is 4.70 Å². The molecule has 4 aromatic carbocycles. The molecule has 0 bridgehead atoms. The van der Waals surface area contributed by atoms with Crippen LogP contribution in [0.25, 0.3) is 16.9 Å². The molecule has 61 heavy (non-hydrogen) atoms. The Bertz CT molecular complexity index is 1790. The standard InChI is InChI=1S/C44H68N2.2C7H7.Ni/c1-8-15-22-34-29-39(30-35(23-16-9-2)41(34)27-20-13-6)43-33-38(26-19-12-5)44(46(43)45)40-31-36(24-17-10-3)42(28-21-14-7)37(32-40)25-18-11-4;2*1-7-5-3-2-4-6-7;/h29-33H,8-28H2,1-7H3;2*2-6H,1H2;/q;2*-1;+2. The second kappa shape index (κ2) is 31.1. The van der Waals surface area contributed by atoms with Gasteiger partial charge in [0.25, 0.3) is 0 Å². The van der Waals surface area contributed by atoms with E-state index in [9.17, 15) is 5.53 Å². The zero-order valence-electron chi connectivity index (χ0n) is 39.6. The van der Waals surface area contributed by atoms with Crippen molar-refractivity contribution in [1.82, 2.24) is 0 Å². The maximum absolute atomic E-state index is 12.2. The van der Waals surface area contributed by atoms with E-state index in [2.05, 4.69) is 92.7 Å². The molecule has 3 heteroatoms. The van der Waals surface area contributed by atoms with Crippen LogP contribution in [-0.2, 0) is 55.0 Å². The summed E-state index contributed by atoms with van der Waals surface area (Å²) in [5.74, 6) is 0. The first-order valence-corrected chi connectivity index (χ1v) is 24.2. The second-order valence-electron chi connectivity index (χ2n) is 17.0. The fourth-order valence-electron chi connectivity index (χ4n) is 8.17. The van der Waals surface area contributed by atoms with Crippen LogP contribution in [0.1, 0.15) is 200 Å². The normalized spacial score (nSPS) is 12.0. The minimum absolute atomic E-state index is 0. The molecule has 1 heterocycles. The van der Waals surface area contributed by atoms with E-state index in [1.54, 1.807) is 15.8 Å². The summed E-state index contributed by atoms with van der Waals surface area (Å²) >= 11 is 0. The molecule has 5 rings (SSSR count). The van der Waals surface area contributed by atoms with Gasteiger partial charge in [0, 0.05) is 22.8 Å². The number of aryl methyl sites for hydroxylation is 4. The molecule has 0 fully saturated rings. The van der Waals surface area contributed by atoms with Crippen LogP contribution in [0.4, 0.5) is 0 Å². The maximum Gasteiger partial charge on any atom is 2.00 e. The van der Waals surface area contributed by atoms with Crippen molar-refractivity contribution in [3.8, 4) is 0 Å². The van der Waals surface area contributed by atoms with Gasteiger partial charge in [-0.05, 0) is 148 Å². The van der Waals surface area contributed by atoms with Crippen molar-refractivity contribution in [2.75, 3.05) is 0 Å². The summed E-state index contributed by atoms with van der Waals surface area (Å²) in [5.41, 5.74) is 29.3. The summed E-state index contributed by atoms with van der Waals surface area (Å²) in [6, 6.07) is 29.6. The Morgan fingerprint density at radius 2 is 0.738 bits per heavy atom. The quantitative estimate of drug-likeness (QED) is 0.0403. The van der Waals surface area contributed by atoms with Gasteiger partial charge in [-0.3, -0.25) is 0 Å². The molecule has 0 saturated heterocycles. The van der Waals surface area contributed by atoms with E-state index in [0.29, 0.717) is 0 Å². The predicted octanol–water partition coefficient (Wildman–Crippen LogP) is 17.5. The summed E-state index contributed by atoms with van der Waals surface area (Å²) < 4.78 is 1.59. The Balaban J connectivity index is 0.000000715. The Hall–Kier alpha value is -3.81. The van der Waals surface area contributed by atoms with Crippen LogP contribution in [0.5, 0.6) is 0 Å². The zero-order chi connectivity index (χ0) is 43.5. The number of rotatable bonds is 23. The Kier molecular flexibility index (Phi) is 27.2. The molecule has 0 aliphatic carbocycles. The summed E-state index contributed by atoms with van der Waals surface area (Å²) in [6.45, 7) is 23.5. The summed E-state index contributed by atoms with van der Waals surface area (Å²) in [6.07, 6.45) is 27.1. The minimum Gasteiger partial charge on any atom is -0.493 e. The Labute approximate surface area is 385 Å². The smallest absolute Gasteiger partial charge is 0.493 e. The average Bonchev–Trinajstić information content (AvgIpc) is 3.60. The van der Waals surface area contributed by atoms with Gasteiger partial charge in [0.2, 0.25) is 11.4 Å². The molecule has 0 unspecified atom stereocenters. The van der Waals surface area contributed by atoms with Gasteiger partial charge in [-0.2, -0.15) is 49.2 Å². The first-order valence-electron chi connectivity index (χ1n) is 24.2. The van der Waals surface area contributed by atoms with Crippen molar-refractivity contribution in [2.24, 2.45) is 0 Å². The van der Waals surface area contributed by atoms with E-state index in [-0.39, 0.29) is 16.5 Å². The number of hydrogen-bond donors (Lipinski definition) is 0. The SMILES string of the molecule is CCCCC1=C(c2cc(CCCC)c(CCCC)c(CCCC)c2)[N+](=[N-])C(c2cc(CCCC)c(CCCC)c(CCCC)c2)=C1.[CH2-]c1ccccc1.[CH2-]c1ccccc1.[Ni+2]. The predicted molar refractivity (Wildman–Crippen MR) is 264 cm³/mol. The number of unbranched alkanes of at least 4 members (excludes halogenated alkanes) is 7. The van der Waals surface area contributed by atoms with Gasteiger partial charge in [0.1, 0.15) is 0 Å². The molecule has 0 aromatic heterocycles. The third kappa shape index (κ3) is 17.8. The number of nitrogens with zero attached hydrogens (tertiary/aromatic N) is 2. The van der Waals surface area contributed by atoms with E-state index >= 15 is 0 Å². The van der Waals surface area contributed by atoms with Crippen molar-refractivity contribution in [3.05, 3.63) is 172 Å². The molecular weight excluding hydrogens is 783 g/mol. The molecule has 0 N–H and O–H groups in total. The van der Waals surface area contributed by atoms with Gasteiger partial charge in [0.15, 0.2) is 0 Å². The molecule has 0 amide bonds. The molecular formula is C58H82N2Ni. The van der Waals surface area contributed by atoms with Crippen molar-refractivity contribution >= 4 is 11.4 Å². The van der Waals surface area contributed by atoms with Crippen LogP contribution in [0.2, 0.25) is 0 Å². The molecule has 1 aliphatic heterocycles. The maximum atomic E-state index is 12.2. The van der Waals surface area contributed by atoms with E-state index < -0.39 is 0 Å². The number of benzene rings is 4. The van der Waals surface area contributed by atoms with Gasteiger partial charge in [0.05, 0.1) is 0 Å². The van der Waals surface area contributed by atoms with E-state index in [1.165, 1.54) is 129 Å². The summed E-state index contributed by atoms with van der Waals surface area (Å²) in [5, 5.41) is 0. The van der Waals surface area contributed by atoms with Crippen molar-refractivity contribution in [2.45, 2.75) is 183 Å². The van der Waals surface area contributed by atoms with Gasteiger partial charge in [-0.15, -0.1) is 24.3 Å². The Morgan fingerprint density at radius 3 is 1.05 bits per heavy atom. The third-order valence-electron chi connectivity index (χ3n) is 11.7. The largest absolute Gasteiger partial charge is 2.00 e.